The number of rotatable bonds is 6. The molecule has 3 rings (SSSR count). The molecule has 0 saturated heterocycles. The molecule has 0 aromatic carbocycles. The van der Waals surface area contributed by atoms with Gasteiger partial charge in [0.2, 0.25) is 5.76 Å². The Morgan fingerprint density at radius 3 is 2.52 bits per heavy atom. The molecule has 0 aliphatic heterocycles. The van der Waals surface area contributed by atoms with Crippen molar-refractivity contribution in [2.45, 2.75) is 6.92 Å². The van der Waals surface area contributed by atoms with Crippen molar-refractivity contribution in [2.75, 3.05) is 13.1 Å². The fraction of sp³-hybridized carbons (Fsp3) is 0.188. The standard InChI is InChI=1S/C16H16N6O3/c1-10-6-14(25-22-10)16(24)18-5-4-17-15(23)13-3-2-11(7-19-13)12-8-20-21-9-12/h2-3,6-9H,4-5H2,1H3,(H,17,23)(H,18,24)(H,20,21). The van der Waals surface area contributed by atoms with Crippen LogP contribution in [0.3, 0.4) is 0 Å². The van der Waals surface area contributed by atoms with Crippen molar-refractivity contribution in [3.8, 4) is 11.1 Å². The molecule has 0 spiro atoms. The van der Waals surface area contributed by atoms with Gasteiger partial charge in [0.05, 0.1) is 11.9 Å². The number of aryl methyl sites for hydroxylation is 1. The van der Waals surface area contributed by atoms with Crippen LogP contribution in [0.5, 0.6) is 0 Å². The normalized spacial score (nSPS) is 10.4. The van der Waals surface area contributed by atoms with E-state index < -0.39 is 0 Å². The molecule has 0 aliphatic rings. The van der Waals surface area contributed by atoms with Crippen LogP contribution in [0.4, 0.5) is 0 Å². The zero-order chi connectivity index (χ0) is 17.6. The van der Waals surface area contributed by atoms with Gasteiger partial charge in [0.25, 0.3) is 11.8 Å². The summed E-state index contributed by atoms with van der Waals surface area (Å²) in [6.45, 7) is 2.26. The Kier molecular flexibility index (Phi) is 4.84. The SMILES string of the molecule is Cc1cc(C(=O)NCCNC(=O)c2ccc(-c3cn[nH]c3)cn2)on1. The highest BCUT2D eigenvalue weighted by Crippen LogP contribution is 2.16. The maximum atomic E-state index is 12.0. The zero-order valence-electron chi connectivity index (χ0n) is 13.4. The number of aromatic nitrogens is 4. The van der Waals surface area contributed by atoms with Gasteiger partial charge < -0.3 is 15.2 Å². The van der Waals surface area contributed by atoms with Crippen molar-refractivity contribution in [2.24, 2.45) is 0 Å². The summed E-state index contributed by atoms with van der Waals surface area (Å²) in [4.78, 5) is 27.9. The van der Waals surface area contributed by atoms with E-state index in [0.29, 0.717) is 11.4 Å². The van der Waals surface area contributed by atoms with Gasteiger partial charge in [-0.25, -0.2) is 0 Å². The summed E-state index contributed by atoms with van der Waals surface area (Å²) in [5, 5.41) is 15.5. The number of hydrogen-bond donors (Lipinski definition) is 3. The molecule has 0 bridgehead atoms. The molecule has 3 heterocycles. The van der Waals surface area contributed by atoms with Gasteiger partial charge in [-0.2, -0.15) is 5.10 Å². The van der Waals surface area contributed by atoms with Crippen molar-refractivity contribution in [3.63, 3.8) is 0 Å². The summed E-state index contributed by atoms with van der Waals surface area (Å²) in [7, 11) is 0. The van der Waals surface area contributed by atoms with E-state index in [1.807, 2.05) is 0 Å². The van der Waals surface area contributed by atoms with Crippen LogP contribution < -0.4 is 10.6 Å². The third kappa shape index (κ3) is 4.08. The first-order valence-electron chi connectivity index (χ1n) is 7.58. The molecule has 0 fully saturated rings. The molecule has 0 aliphatic carbocycles. The number of amides is 2. The monoisotopic (exact) mass is 340 g/mol. The Bertz CT molecular complexity index is 854. The second-order valence-corrected chi connectivity index (χ2v) is 5.26. The van der Waals surface area contributed by atoms with Gasteiger partial charge in [0.1, 0.15) is 5.69 Å². The molecule has 9 heteroatoms. The predicted molar refractivity (Wildman–Crippen MR) is 87.7 cm³/mol. The summed E-state index contributed by atoms with van der Waals surface area (Å²) in [5.74, 6) is -0.554. The van der Waals surface area contributed by atoms with Gasteiger partial charge in [-0.05, 0) is 13.0 Å². The second kappa shape index (κ2) is 7.39. The molecule has 2 amide bonds. The number of carbonyl (C=O) groups is 2. The van der Waals surface area contributed by atoms with Crippen LogP contribution in [0.2, 0.25) is 0 Å². The van der Waals surface area contributed by atoms with E-state index in [2.05, 4.69) is 31.0 Å². The lowest BCUT2D eigenvalue weighted by Crippen LogP contribution is -2.34. The first-order chi connectivity index (χ1) is 12.1. The number of pyridine rings is 1. The Morgan fingerprint density at radius 1 is 1.12 bits per heavy atom. The zero-order valence-corrected chi connectivity index (χ0v) is 13.4. The van der Waals surface area contributed by atoms with Gasteiger partial charge in [0.15, 0.2) is 0 Å². The van der Waals surface area contributed by atoms with Crippen molar-refractivity contribution < 1.29 is 14.1 Å². The van der Waals surface area contributed by atoms with E-state index in [-0.39, 0.29) is 30.7 Å². The predicted octanol–water partition coefficient (Wildman–Crippen LogP) is 0.928. The molecule has 128 valence electrons. The van der Waals surface area contributed by atoms with Crippen LogP contribution in [0, 0.1) is 6.92 Å². The lowest BCUT2D eigenvalue weighted by atomic mass is 10.1. The summed E-state index contributed by atoms with van der Waals surface area (Å²) in [6, 6.07) is 4.97. The van der Waals surface area contributed by atoms with E-state index in [1.54, 1.807) is 43.7 Å². The maximum absolute atomic E-state index is 12.0. The van der Waals surface area contributed by atoms with Crippen LogP contribution in [-0.4, -0.2) is 45.2 Å². The average Bonchev–Trinajstić information content (AvgIpc) is 3.30. The highest BCUT2D eigenvalue weighted by atomic mass is 16.5. The van der Waals surface area contributed by atoms with Gasteiger partial charge >= 0.3 is 0 Å². The lowest BCUT2D eigenvalue weighted by Gasteiger charge is -2.06. The van der Waals surface area contributed by atoms with E-state index in [0.717, 1.165) is 11.1 Å². The number of nitrogens with one attached hydrogen (secondary N) is 3. The molecule has 0 saturated carbocycles. The molecular weight excluding hydrogens is 324 g/mol. The molecule has 0 atom stereocenters. The Labute approximate surface area is 142 Å². The highest BCUT2D eigenvalue weighted by molar-refractivity contribution is 5.93. The second-order valence-electron chi connectivity index (χ2n) is 5.26. The number of nitrogens with zero attached hydrogens (tertiary/aromatic N) is 3. The average molecular weight is 340 g/mol. The van der Waals surface area contributed by atoms with Crippen LogP contribution in [-0.2, 0) is 0 Å². The number of hydrogen-bond acceptors (Lipinski definition) is 6. The van der Waals surface area contributed by atoms with Crippen molar-refractivity contribution in [1.29, 1.82) is 0 Å². The van der Waals surface area contributed by atoms with Crippen LogP contribution >= 0.6 is 0 Å². The molecule has 3 aromatic rings. The molecule has 0 radical (unpaired) electrons. The Balaban J connectivity index is 1.45. The van der Waals surface area contributed by atoms with Gasteiger partial charge in [-0.3, -0.25) is 19.7 Å². The van der Waals surface area contributed by atoms with E-state index >= 15 is 0 Å². The van der Waals surface area contributed by atoms with Crippen molar-refractivity contribution >= 4 is 11.8 Å². The fourth-order valence-electron chi connectivity index (χ4n) is 2.11. The highest BCUT2D eigenvalue weighted by Gasteiger charge is 2.11. The minimum Gasteiger partial charge on any atom is -0.351 e. The Hall–Kier alpha value is -3.49. The summed E-state index contributed by atoms with van der Waals surface area (Å²) in [6.07, 6.45) is 5.03. The van der Waals surface area contributed by atoms with E-state index in [9.17, 15) is 9.59 Å². The van der Waals surface area contributed by atoms with Crippen molar-refractivity contribution in [1.82, 2.24) is 31.0 Å². The van der Waals surface area contributed by atoms with Gasteiger partial charge in [-0.1, -0.05) is 11.2 Å². The topological polar surface area (TPSA) is 126 Å². The quantitative estimate of drug-likeness (QED) is 0.573. The maximum Gasteiger partial charge on any atom is 0.289 e. The number of aromatic amines is 1. The number of carbonyl (C=O) groups excluding carboxylic acids is 2. The van der Waals surface area contributed by atoms with Gasteiger partial charge in [-0.15, -0.1) is 0 Å². The molecule has 25 heavy (non-hydrogen) atoms. The lowest BCUT2D eigenvalue weighted by molar-refractivity contribution is 0.0902. The molecular formula is C16H16N6O3. The molecule has 3 N–H and O–H groups in total. The molecule has 0 unspecified atom stereocenters. The smallest absolute Gasteiger partial charge is 0.289 e. The minimum atomic E-state index is -0.377. The van der Waals surface area contributed by atoms with E-state index in [1.165, 1.54) is 0 Å². The van der Waals surface area contributed by atoms with E-state index in [4.69, 9.17) is 4.52 Å². The molecule has 9 nitrogen and oxygen atoms in total. The van der Waals surface area contributed by atoms with Crippen molar-refractivity contribution in [3.05, 3.63) is 53.9 Å². The fourth-order valence-corrected chi connectivity index (χ4v) is 2.11. The summed E-state index contributed by atoms with van der Waals surface area (Å²) >= 11 is 0. The van der Waals surface area contributed by atoms with Crippen LogP contribution in [0.25, 0.3) is 11.1 Å². The van der Waals surface area contributed by atoms with Gasteiger partial charge in [0, 0.05) is 42.7 Å². The minimum absolute atomic E-state index is 0.139. The molecule has 3 aromatic heterocycles. The summed E-state index contributed by atoms with van der Waals surface area (Å²) in [5.41, 5.74) is 2.68. The third-order valence-corrected chi connectivity index (χ3v) is 3.38. The number of H-pyrrole nitrogens is 1. The van der Waals surface area contributed by atoms with Crippen LogP contribution in [0.1, 0.15) is 26.7 Å². The first-order valence-corrected chi connectivity index (χ1v) is 7.58. The Morgan fingerprint density at radius 2 is 1.92 bits per heavy atom. The largest absolute Gasteiger partial charge is 0.351 e. The third-order valence-electron chi connectivity index (χ3n) is 3.38. The summed E-state index contributed by atoms with van der Waals surface area (Å²) < 4.78 is 4.85. The first kappa shape index (κ1) is 16.4. The van der Waals surface area contributed by atoms with Crippen LogP contribution in [0.15, 0.2) is 41.3 Å².